The van der Waals surface area contributed by atoms with E-state index < -0.39 is 27.9 Å². The van der Waals surface area contributed by atoms with Crippen molar-refractivity contribution < 1.29 is 23.4 Å². The number of benzene rings is 1. The van der Waals surface area contributed by atoms with Crippen LogP contribution in [0.5, 0.6) is 0 Å². The van der Waals surface area contributed by atoms with E-state index in [9.17, 15) is 18.7 Å². The van der Waals surface area contributed by atoms with Crippen LogP contribution in [0.15, 0.2) is 22.7 Å². The van der Waals surface area contributed by atoms with Crippen LogP contribution in [0.1, 0.15) is 27.6 Å². The number of hydrogen-bond acceptors (Lipinski definition) is 5. The third-order valence-corrected chi connectivity index (χ3v) is 5.14. The van der Waals surface area contributed by atoms with Crippen LogP contribution in [0.4, 0.5) is 0 Å². The third-order valence-electron chi connectivity index (χ3n) is 2.77. The number of rotatable bonds is 2. The van der Waals surface area contributed by atoms with Gasteiger partial charge < -0.3 is 29.3 Å². The van der Waals surface area contributed by atoms with Gasteiger partial charge in [-0.15, -0.1) is 0 Å². The molecule has 1 saturated heterocycles. The van der Waals surface area contributed by atoms with Crippen molar-refractivity contribution in [1.29, 1.82) is 0 Å². The first-order valence-corrected chi connectivity index (χ1v) is 7.61. The van der Waals surface area contributed by atoms with E-state index in [1.807, 2.05) is 4.72 Å². The van der Waals surface area contributed by atoms with Crippen molar-refractivity contribution in [3.8, 4) is 0 Å². The number of nitrogens with one attached hydrogen (secondary N) is 1. The molecule has 1 aliphatic heterocycles. The Morgan fingerprint density at radius 3 is 2.68 bits per heavy atom. The fourth-order valence-electron chi connectivity index (χ4n) is 1.86. The number of methoxy groups -OCH3 is 1. The molecule has 104 valence electrons. The van der Waals surface area contributed by atoms with Crippen LogP contribution >= 0.6 is 26.7 Å². The second kappa shape index (κ2) is 5.12. The molecule has 1 N–H and O–H groups in total. The zero-order valence-electron chi connectivity index (χ0n) is 9.84. The van der Waals surface area contributed by atoms with Crippen molar-refractivity contribution >= 4 is 38.6 Å². The molecule has 19 heavy (non-hydrogen) atoms. The minimum atomic E-state index is -3.70. The van der Waals surface area contributed by atoms with Crippen LogP contribution in [-0.4, -0.2) is 28.1 Å². The summed E-state index contributed by atoms with van der Waals surface area (Å²) in [4.78, 5) is 22.5. The van der Waals surface area contributed by atoms with Gasteiger partial charge in [0.2, 0.25) is 5.91 Å². The van der Waals surface area contributed by atoms with Gasteiger partial charge in [-0.1, -0.05) is 22.0 Å². The summed E-state index contributed by atoms with van der Waals surface area (Å²) in [5.74, 6) is -1.05. The zero-order valence-corrected chi connectivity index (χ0v) is 12.2. The monoisotopic (exact) mass is 347 g/mol. The molecule has 6 nitrogen and oxygen atoms in total. The zero-order chi connectivity index (χ0) is 14.2. The van der Waals surface area contributed by atoms with E-state index in [0.717, 1.165) is 0 Å². The van der Waals surface area contributed by atoms with Crippen LogP contribution in [-0.2, 0) is 9.53 Å². The Kier molecular flexibility index (Phi) is 3.86. The van der Waals surface area contributed by atoms with E-state index >= 15 is 0 Å². The lowest BCUT2D eigenvalue weighted by Crippen LogP contribution is -2.19. The summed E-state index contributed by atoms with van der Waals surface area (Å²) in [6.45, 7) is 0. The molecule has 1 heterocycles. The van der Waals surface area contributed by atoms with Crippen LogP contribution in [0.25, 0.3) is 0 Å². The van der Waals surface area contributed by atoms with Crippen molar-refractivity contribution in [2.75, 3.05) is 7.11 Å². The average Bonchev–Trinajstić information content (AvgIpc) is 2.61. The number of halogens is 1. The van der Waals surface area contributed by atoms with Gasteiger partial charge in [0, 0.05) is 16.1 Å². The quantitative estimate of drug-likeness (QED) is 0.821. The van der Waals surface area contributed by atoms with E-state index in [1.165, 1.54) is 25.3 Å². The first-order valence-electron chi connectivity index (χ1n) is 5.27. The maximum Gasteiger partial charge on any atom is 0.337 e. The maximum atomic E-state index is 11.8. The molecule has 1 fully saturated rings. The number of carbonyl (C=O) groups excluding carboxylic acids is 2. The third kappa shape index (κ3) is 2.76. The first-order chi connectivity index (χ1) is 8.85. The fourth-order valence-corrected chi connectivity index (χ4v) is 4.12. The molecule has 0 aliphatic carbocycles. The standard InChI is InChI=1S/C11H12BrNO5S/c1-18-11(15)6-2-3-7(8(12)4-6)9-5-10(14)13-19(9,16)17/h2-4,9,16-17H,5H2,1H3,(H,13,14)/p-2. The lowest BCUT2D eigenvalue weighted by molar-refractivity contribution is -0.118. The van der Waals surface area contributed by atoms with Gasteiger partial charge in [0.05, 0.1) is 12.7 Å². The fraction of sp³-hybridized carbons (Fsp3) is 0.273. The Labute approximate surface area is 119 Å². The summed E-state index contributed by atoms with van der Waals surface area (Å²) < 4.78 is 30.5. The molecule has 0 radical (unpaired) electrons. The lowest BCUT2D eigenvalue weighted by atomic mass is 10.1. The highest BCUT2D eigenvalue weighted by atomic mass is 79.9. The Bertz CT molecular complexity index is 548. The first kappa shape index (κ1) is 14.3. The van der Waals surface area contributed by atoms with Crippen molar-refractivity contribution in [3.05, 3.63) is 33.8 Å². The lowest BCUT2D eigenvalue weighted by Gasteiger charge is -2.60. The summed E-state index contributed by atoms with van der Waals surface area (Å²) in [5.41, 5.74) is 0.735. The Balaban J connectivity index is 2.37. The van der Waals surface area contributed by atoms with Gasteiger partial charge in [0.25, 0.3) is 0 Å². The molecular formula is C11H10BrNO5S-2. The predicted molar refractivity (Wildman–Crippen MR) is 70.1 cm³/mol. The van der Waals surface area contributed by atoms with Gasteiger partial charge in [-0.2, -0.15) is 0 Å². The van der Waals surface area contributed by atoms with Gasteiger partial charge in [-0.05, 0) is 17.7 Å². The topological polar surface area (TPSA) is 102 Å². The molecule has 2 rings (SSSR count). The molecular weight excluding hydrogens is 338 g/mol. The number of amides is 1. The highest BCUT2D eigenvalue weighted by molar-refractivity contribution is 9.10. The molecule has 1 amide bonds. The van der Waals surface area contributed by atoms with Gasteiger partial charge in [-0.3, -0.25) is 4.79 Å². The SMILES string of the molecule is COC(=O)c1ccc(C2CC(=O)NS2([O-])[O-])c(Br)c1. The molecule has 0 saturated carbocycles. The molecule has 1 unspecified atom stereocenters. The number of hydrogen-bond donors (Lipinski definition) is 1. The second-order valence-electron chi connectivity index (χ2n) is 3.99. The van der Waals surface area contributed by atoms with E-state index in [4.69, 9.17) is 0 Å². The predicted octanol–water partition coefficient (Wildman–Crippen LogP) is 1.78. The summed E-state index contributed by atoms with van der Waals surface area (Å²) in [6.07, 6.45) is -0.126. The van der Waals surface area contributed by atoms with Gasteiger partial charge in [0.1, 0.15) is 0 Å². The van der Waals surface area contributed by atoms with Gasteiger partial charge in [-0.25, -0.2) is 4.79 Å². The van der Waals surface area contributed by atoms with Crippen LogP contribution in [0, 0.1) is 0 Å². The van der Waals surface area contributed by atoms with Gasteiger partial charge in [0.15, 0.2) is 0 Å². The largest absolute Gasteiger partial charge is 0.783 e. The normalized spacial score (nSPS) is 22.7. The number of carbonyl (C=O) groups is 2. The summed E-state index contributed by atoms with van der Waals surface area (Å²) in [6, 6.07) is 4.43. The maximum absolute atomic E-state index is 11.8. The van der Waals surface area contributed by atoms with Crippen molar-refractivity contribution in [2.24, 2.45) is 0 Å². The van der Waals surface area contributed by atoms with Crippen LogP contribution in [0.3, 0.4) is 0 Å². The Hall–Kier alpha value is -1.09. The minimum Gasteiger partial charge on any atom is -0.783 e. The van der Waals surface area contributed by atoms with Crippen LogP contribution in [0.2, 0.25) is 0 Å². The van der Waals surface area contributed by atoms with Crippen LogP contribution < -0.4 is 4.72 Å². The second-order valence-corrected chi connectivity index (χ2v) is 6.71. The molecule has 1 atom stereocenters. The molecule has 1 aromatic rings. The van der Waals surface area contributed by atoms with Crippen molar-refractivity contribution in [3.63, 3.8) is 0 Å². The minimum absolute atomic E-state index is 0.126. The molecule has 1 aliphatic rings. The number of sulfonamides is 1. The molecule has 8 heteroatoms. The van der Waals surface area contributed by atoms with Gasteiger partial charge >= 0.3 is 5.97 Å². The van der Waals surface area contributed by atoms with E-state index in [0.29, 0.717) is 15.6 Å². The number of ether oxygens (including phenoxy) is 1. The molecule has 1 aromatic carbocycles. The average molecular weight is 348 g/mol. The molecule has 0 bridgehead atoms. The summed E-state index contributed by atoms with van der Waals surface area (Å²) in [5, 5.41) is -0.943. The summed E-state index contributed by atoms with van der Waals surface area (Å²) in [7, 11) is -2.44. The molecule has 0 aromatic heterocycles. The Morgan fingerprint density at radius 2 is 2.21 bits per heavy atom. The summed E-state index contributed by atoms with van der Waals surface area (Å²) >= 11 is 3.21. The van der Waals surface area contributed by atoms with Crippen molar-refractivity contribution in [1.82, 2.24) is 4.72 Å². The van der Waals surface area contributed by atoms with E-state index in [-0.39, 0.29) is 6.42 Å². The highest BCUT2D eigenvalue weighted by Gasteiger charge is 2.28. The Morgan fingerprint density at radius 1 is 1.53 bits per heavy atom. The van der Waals surface area contributed by atoms with E-state index in [2.05, 4.69) is 20.7 Å². The molecule has 0 spiro atoms. The van der Waals surface area contributed by atoms with Crippen molar-refractivity contribution in [2.45, 2.75) is 11.7 Å². The highest BCUT2D eigenvalue weighted by Crippen LogP contribution is 2.56. The van der Waals surface area contributed by atoms with E-state index in [1.54, 1.807) is 0 Å². The smallest absolute Gasteiger partial charge is 0.337 e. The number of esters is 1.